The summed E-state index contributed by atoms with van der Waals surface area (Å²) in [6.07, 6.45) is -4.60. The van der Waals surface area contributed by atoms with Crippen LogP contribution >= 0.6 is 7.82 Å². The van der Waals surface area contributed by atoms with Crippen LogP contribution in [0.5, 0.6) is 0 Å². The van der Waals surface area contributed by atoms with E-state index in [9.17, 15) is 25.0 Å². The molecule has 0 aromatic carbocycles. The van der Waals surface area contributed by atoms with Crippen LogP contribution in [0.4, 0.5) is 5.82 Å². The average molecular weight is 422 g/mol. The quantitative estimate of drug-likeness (QED) is 0.266. The fourth-order valence-corrected chi connectivity index (χ4v) is 2.78. The van der Waals surface area contributed by atoms with Crippen molar-refractivity contribution in [3.8, 4) is 0 Å². The Hall–Kier alpha value is 0.140. The number of aliphatic hydroxyl groups excluding tert-OH is 2. The first kappa shape index (κ1) is 25.2. The second-order valence-corrected chi connectivity index (χ2v) is 6.52. The number of hydrogen-bond acceptors (Lipinski definition) is 10. The van der Waals surface area contributed by atoms with Gasteiger partial charge in [-0.2, -0.15) is 0 Å². The molecule has 16 heteroatoms. The summed E-state index contributed by atoms with van der Waals surface area (Å²) < 4.78 is 21.4. The minimum absolute atomic E-state index is 0. The second kappa shape index (κ2) is 9.76. The van der Waals surface area contributed by atoms with Gasteiger partial charge in [-0.05, 0) is 5.90 Å². The Labute approximate surface area is 196 Å². The first-order chi connectivity index (χ1) is 11.7. The van der Waals surface area contributed by atoms with Gasteiger partial charge in [0, 0.05) is 5.90 Å². The monoisotopic (exact) mass is 422 g/mol. The van der Waals surface area contributed by atoms with E-state index >= 15 is 0 Å². The minimum Gasteiger partial charge on any atom is -0.860 e. The molecule has 13 nitrogen and oxygen atoms in total. The second-order valence-electron chi connectivity index (χ2n) is 5.28. The normalized spacial score (nSPS) is 27.6. The van der Waals surface area contributed by atoms with E-state index in [0.717, 1.165) is 10.9 Å². The molecule has 1 aromatic heterocycles. The molecule has 0 saturated carbocycles. The van der Waals surface area contributed by atoms with Gasteiger partial charge in [0.25, 0.3) is 0 Å². The third-order valence-electron chi connectivity index (χ3n) is 3.58. The van der Waals surface area contributed by atoms with Crippen LogP contribution in [-0.4, -0.2) is 72.8 Å². The van der Waals surface area contributed by atoms with Gasteiger partial charge in [-0.25, -0.2) is 14.5 Å². The molecule has 0 amide bonds. The Kier molecular flexibility index (Phi) is 9.10. The van der Waals surface area contributed by atoms with Crippen LogP contribution in [0.1, 0.15) is 11.9 Å². The van der Waals surface area contributed by atoms with E-state index < -0.39 is 57.3 Å². The summed E-state index contributed by atoms with van der Waals surface area (Å²) in [5, 5.41) is 43.4. The number of imidazole rings is 1. The number of phosphoric acid groups is 1. The molecule has 1 saturated heterocycles. The number of aromatic nitrogens is 2. The van der Waals surface area contributed by atoms with Gasteiger partial charge in [0.1, 0.15) is 24.0 Å². The van der Waals surface area contributed by atoms with Crippen molar-refractivity contribution in [2.75, 3.05) is 13.2 Å². The maximum atomic E-state index is 11.8. The molecular weight excluding hydrogens is 409 g/mol. The molecule has 4 atom stereocenters. The Bertz CT molecular complexity index is 782. The molecule has 4 N–H and O–H groups in total. The minimum atomic E-state index is -4.80. The third-order valence-corrected chi connectivity index (χ3v) is 4.06. The summed E-state index contributed by atoms with van der Waals surface area (Å²) in [6.45, 7) is -1.13. The van der Waals surface area contributed by atoms with Gasteiger partial charge in [0.2, 0.25) is 0 Å². The van der Waals surface area contributed by atoms with Crippen LogP contribution in [0.25, 0.3) is 0 Å². The summed E-state index contributed by atoms with van der Waals surface area (Å²) in [4.78, 5) is 28.4. The molecule has 138 valence electrons. The van der Waals surface area contributed by atoms with E-state index in [4.69, 9.17) is 14.5 Å². The van der Waals surface area contributed by atoms with Gasteiger partial charge in [-0.3, -0.25) is 14.1 Å². The van der Waals surface area contributed by atoms with Crippen molar-refractivity contribution >= 4 is 25.4 Å². The third kappa shape index (κ3) is 5.60. The SMILES string of the molecule is O=P(O)(O)OC[C@H]1O[C@@H](n2cnc3c2N=C([O-])CN=C3[O-])[C@H](O)[C@@H]1O.[Na+].[Na+]. The number of aliphatic imine (C=N–C) groups is 2. The van der Waals surface area contributed by atoms with Crippen LogP contribution in [-0.2, 0) is 13.8 Å². The number of hydrogen-bond donors (Lipinski definition) is 4. The molecule has 2 aliphatic rings. The average Bonchev–Trinajstić information content (AvgIpc) is 3.00. The zero-order chi connectivity index (χ0) is 18.4. The van der Waals surface area contributed by atoms with Crippen molar-refractivity contribution in [2.45, 2.75) is 24.5 Å². The first-order valence-corrected chi connectivity index (χ1v) is 8.45. The van der Waals surface area contributed by atoms with Crippen LogP contribution in [0.2, 0.25) is 0 Å². The molecule has 1 fully saturated rings. The molecule has 3 heterocycles. The van der Waals surface area contributed by atoms with Crippen LogP contribution in [0.3, 0.4) is 0 Å². The molecule has 0 aliphatic carbocycles. The van der Waals surface area contributed by atoms with E-state index in [1.54, 1.807) is 0 Å². The van der Waals surface area contributed by atoms with E-state index in [0.29, 0.717) is 0 Å². The summed E-state index contributed by atoms with van der Waals surface area (Å²) in [6, 6.07) is 0. The van der Waals surface area contributed by atoms with Crippen molar-refractivity contribution in [3.05, 3.63) is 12.0 Å². The Morgan fingerprint density at radius 3 is 2.59 bits per heavy atom. The summed E-state index contributed by atoms with van der Waals surface area (Å²) in [5.41, 5.74) is -0.217. The van der Waals surface area contributed by atoms with Gasteiger partial charge in [-0.15, -0.1) is 0 Å². The first-order valence-electron chi connectivity index (χ1n) is 6.92. The zero-order valence-corrected chi connectivity index (χ0v) is 19.3. The smallest absolute Gasteiger partial charge is 0.860 e. The summed E-state index contributed by atoms with van der Waals surface area (Å²) in [5.74, 6) is -1.66. The van der Waals surface area contributed by atoms with Gasteiger partial charge in [0.05, 0.1) is 19.5 Å². The number of rotatable bonds is 4. The number of aliphatic hydroxyl groups is 2. The van der Waals surface area contributed by atoms with Crippen molar-refractivity contribution in [1.29, 1.82) is 0 Å². The molecule has 3 rings (SSSR count). The molecule has 0 radical (unpaired) electrons. The Morgan fingerprint density at radius 2 is 1.96 bits per heavy atom. The number of nitrogens with zero attached hydrogens (tertiary/aromatic N) is 4. The molecule has 0 bridgehead atoms. The fraction of sp³-hybridized carbons (Fsp3) is 0.545. The molecule has 0 spiro atoms. The van der Waals surface area contributed by atoms with E-state index in [-0.39, 0.29) is 70.6 Å². The predicted octanol–water partition coefficient (Wildman–Crippen LogP) is -9.87. The fourth-order valence-electron chi connectivity index (χ4n) is 2.44. The van der Waals surface area contributed by atoms with Gasteiger partial charge in [-0.1, -0.05) is 0 Å². The standard InChI is InChI=1S/C11H15N4O9P.2Na/c16-5-1-12-10(19)6-9(14-5)15(3-13-6)11-8(18)7(17)4(24-11)2-23-25(20,21)22;;/h3-4,7-8,11,17-18H,1-2H2,(H,12,19)(H,14,16)(H2,20,21,22);;/q;2*+1/p-2/t4-,7-,8-,11-;;/m1../s1. The largest absolute Gasteiger partial charge is 1.00 e. The Balaban J connectivity index is 0.00000182. The van der Waals surface area contributed by atoms with Gasteiger partial charge >= 0.3 is 66.9 Å². The van der Waals surface area contributed by atoms with Crippen molar-refractivity contribution < 1.29 is 103 Å². The number of ether oxygens (including phenoxy) is 1. The summed E-state index contributed by atoms with van der Waals surface area (Å²) in [7, 11) is -4.80. The van der Waals surface area contributed by atoms with E-state index in [2.05, 4.69) is 19.5 Å². The van der Waals surface area contributed by atoms with Crippen LogP contribution < -0.4 is 69.3 Å². The summed E-state index contributed by atoms with van der Waals surface area (Å²) >= 11 is 0. The molecule has 0 unspecified atom stereocenters. The maximum absolute atomic E-state index is 11.8. The molecule has 1 aromatic rings. The van der Waals surface area contributed by atoms with Gasteiger partial charge in [0.15, 0.2) is 12.0 Å². The van der Waals surface area contributed by atoms with Crippen molar-refractivity contribution in [2.24, 2.45) is 9.98 Å². The van der Waals surface area contributed by atoms with Crippen molar-refractivity contribution in [3.63, 3.8) is 0 Å². The van der Waals surface area contributed by atoms with Crippen molar-refractivity contribution in [1.82, 2.24) is 9.55 Å². The predicted molar refractivity (Wildman–Crippen MR) is 74.6 cm³/mol. The number of phosphoric ester groups is 1. The van der Waals surface area contributed by atoms with Crippen LogP contribution in [0, 0.1) is 0 Å². The van der Waals surface area contributed by atoms with Crippen LogP contribution in [0.15, 0.2) is 16.3 Å². The van der Waals surface area contributed by atoms with E-state index in [1.807, 2.05) is 0 Å². The topological polar surface area (TPSA) is 205 Å². The maximum Gasteiger partial charge on any atom is 1.00 e. The number of fused-ring (bicyclic) bond motifs is 1. The molecular formula is C11H13N4Na2O9P. The zero-order valence-electron chi connectivity index (χ0n) is 14.4. The van der Waals surface area contributed by atoms with Gasteiger partial charge < -0.3 is 34.9 Å². The van der Waals surface area contributed by atoms with E-state index in [1.165, 1.54) is 0 Å². The Morgan fingerprint density at radius 1 is 1.30 bits per heavy atom. The molecule has 2 aliphatic heterocycles. The molecule has 27 heavy (non-hydrogen) atoms.